The lowest BCUT2D eigenvalue weighted by Crippen LogP contribution is -2.26. The molecule has 0 bridgehead atoms. The molecule has 3 heteroatoms. The van der Waals surface area contributed by atoms with Gasteiger partial charge in [0.05, 0.1) is 0 Å². The SMILES string of the molecule is Cc1ccc(CC(c2cncnc2)C(C)N)cc1. The maximum absolute atomic E-state index is 6.09. The molecule has 0 aliphatic heterocycles. The third-order valence-corrected chi connectivity index (χ3v) is 3.22. The number of rotatable bonds is 4. The highest BCUT2D eigenvalue weighted by Crippen LogP contribution is 2.22. The minimum atomic E-state index is 0.0808. The second-order valence-electron chi connectivity index (χ2n) is 4.83. The number of nitrogens with two attached hydrogens (primary N) is 1. The van der Waals surface area contributed by atoms with Gasteiger partial charge >= 0.3 is 0 Å². The molecular weight excluding hydrogens is 222 g/mol. The summed E-state index contributed by atoms with van der Waals surface area (Å²) in [7, 11) is 0. The second-order valence-corrected chi connectivity index (χ2v) is 4.83. The fourth-order valence-corrected chi connectivity index (χ4v) is 2.09. The maximum atomic E-state index is 6.09. The van der Waals surface area contributed by atoms with Crippen molar-refractivity contribution in [3.63, 3.8) is 0 Å². The van der Waals surface area contributed by atoms with Crippen LogP contribution in [0.3, 0.4) is 0 Å². The zero-order valence-electron chi connectivity index (χ0n) is 10.9. The average Bonchev–Trinajstić information content (AvgIpc) is 2.38. The topological polar surface area (TPSA) is 51.8 Å². The van der Waals surface area contributed by atoms with Crippen LogP contribution in [0.1, 0.15) is 29.5 Å². The molecule has 0 saturated carbocycles. The molecule has 2 N–H and O–H groups in total. The van der Waals surface area contributed by atoms with Crippen molar-refractivity contribution in [3.05, 3.63) is 59.7 Å². The Morgan fingerprint density at radius 3 is 2.28 bits per heavy atom. The monoisotopic (exact) mass is 241 g/mol. The standard InChI is InChI=1S/C15H19N3/c1-11-3-5-13(6-4-11)7-15(12(2)16)14-8-17-10-18-9-14/h3-6,8-10,12,15H,7,16H2,1-2H3. The van der Waals surface area contributed by atoms with E-state index < -0.39 is 0 Å². The van der Waals surface area contributed by atoms with Crippen LogP contribution >= 0.6 is 0 Å². The summed E-state index contributed by atoms with van der Waals surface area (Å²) >= 11 is 0. The Kier molecular flexibility index (Phi) is 4.05. The lowest BCUT2D eigenvalue weighted by atomic mass is 9.88. The molecule has 1 aromatic heterocycles. The van der Waals surface area contributed by atoms with Gasteiger partial charge in [-0.3, -0.25) is 0 Å². The molecule has 3 nitrogen and oxygen atoms in total. The number of hydrogen-bond acceptors (Lipinski definition) is 3. The Morgan fingerprint density at radius 1 is 1.11 bits per heavy atom. The van der Waals surface area contributed by atoms with Crippen molar-refractivity contribution in [1.29, 1.82) is 0 Å². The van der Waals surface area contributed by atoms with E-state index in [-0.39, 0.29) is 12.0 Å². The van der Waals surface area contributed by atoms with E-state index in [2.05, 4.69) is 41.2 Å². The minimum Gasteiger partial charge on any atom is -0.327 e. The van der Waals surface area contributed by atoms with E-state index >= 15 is 0 Å². The van der Waals surface area contributed by atoms with Gasteiger partial charge in [-0.25, -0.2) is 9.97 Å². The molecule has 0 saturated heterocycles. The zero-order chi connectivity index (χ0) is 13.0. The highest BCUT2D eigenvalue weighted by molar-refractivity contribution is 5.25. The van der Waals surface area contributed by atoms with E-state index in [9.17, 15) is 0 Å². The second kappa shape index (κ2) is 5.74. The normalized spacial score (nSPS) is 14.2. The van der Waals surface area contributed by atoms with E-state index in [4.69, 9.17) is 5.73 Å². The van der Waals surface area contributed by atoms with Crippen LogP contribution in [0.25, 0.3) is 0 Å². The van der Waals surface area contributed by atoms with Gasteiger partial charge in [0.15, 0.2) is 0 Å². The van der Waals surface area contributed by atoms with E-state index in [0.29, 0.717) is 0 Å². The third kappa shape index (κ3) is 3.14. The van der Waals surface area contributed by atoms with Gasteiger partial charge in [0, 0.05) is 24.4 Å². The van der Waals surface area contributed by atoms with Gasteiger partial charge in [-0.1, -0.05) is 29.8 Å². The van der Waals surface area contributed by atoms with Gasteiger partial charge in [0.25, 0.3) is 0 Å². The number of benzene rings is 1. The van der Waals surface area contributed by atoms with Crippen molar-refractivity contribution in [1.82, 2.24) is 9.97 Å². The smallest absolute Gasteiger partial charge is 0.115 e. The van der Waals surface area contributed by atoms with Crippen molar-refractivity contribution < 1.29 is 0 Å². The molecule has 94 valence electrons. The predicted octanol–water partition coefficient (Wildman–Crippen LogP) is 2.46. The van der Waals surface area contributed by atoms with Gasteiger partial charge in [-0.05, 0) is 31.4 Å². The summed E-state index contributed by atoms with van der Waals surface area (Å²) in [6, 6.07) is 8.67. The molecule has 2 aromatic rings. The summed E-state index contributed by atoms with van der Waals surface area (Å²) < 4.78 is 0. The molecular formula is C15H19N3. The first-order chi connectivity index (χ1) is 8.66. The molecule has 2 rings (SSSR count). The highest BCUT2D eigenvalue weighted by Gasteiger charge is 2.17. The largest absolute Gasteiger partial charge is 0.327 e. The quantitative estimate of drug-likeness (QED) is 0.894. The summed E-state index contributed by atoms with van der Waals surface area (Å²) in [6.45, 7) is 4.13. The third-order valence-electron chi connectivity index (χ3n) is 3.22. The number of nitrogens with zero attached hydrogens (tertiary/aromatic N) is 2. The zero-order valence-corrected chi connectivity index (χ0v) is 10.9. The first-order valence-corrected chi connectivity index (χ1v) is 6.23. The summed E-state index contributed by atoms with van der Waals surface area (Å²) in [5.74, 6) is 0.258. The van der Waals surface area contributed by atoms with E-state index in [1.165, 1.54) is 11.1 Å². The first kappa shape index (κ1) is 12.7. The van der Waals surface area contributed by atoms with Crippen LogP contribution < -0.4 is 5.73 Å². The molecule has 2 atom stereocenters. The van der Waals surface area contributed by atoms with Crippen molar-refractivity contribution in [3.8, 4) is 0 Å². The van der Waals surface area contributed by atoms with Crippen LogP contribution in [-0.2, 0) is 6.42 Å². The van der Waals surface area contributed by atoms with Gasteiger partial charge in [-0.15, -0.1) is 0 Å². The summed E-state index contributed by atoms with van der Waals surface area (Å²) in [6.07, 6.45) is 6.18. The van der Waals surface area contributed by atoms with Gasteiger partial charge in [-0.2, -0.15) is 0 Å². The van der Waals surface area contributed by atoms with Crippen molar-refractivity contribution >= 4 is 0 Å². The van der Waals surface area contributed by atoms with Crippen LogP contribution in [0, 0.1) is 6.92 Å². The molecule has 0 aliphatic carbocycles. The van der Waals surface area contributed by atoms with Crippen molar-refractivity contribution in [2.24, 2.45) is 5.73 Å². The van der Waals surface area contributed by atoms with E-state index in [1.54, 1.807) is 6.33 Å². The molecule has 18 heavy (non-hydrogen) atoms. The molecule has 0 fully saturated rings. The molecule has 1 aromatic carbocycles. The number of aromatic nitrogens is 2. The van der Waals surface area contributed by atoms with E-state index in [0.717, 1.165) is 12.0 Å². The lowest BCUT2D eigenvalue weighted by molar-refractivity contribution is 0.561. The molecule has 0 amide bonds. The van der Waals surface area contributed by atoms with Crippen LogP contribution in [0.5, 0.6) is 0 Å². The molecule has 0 spiro atoms. The van der Waals surface area contributed by atoms with Gasteiger partial charge in [0.2, 0.25) is 0 Å². The molecule has 2 unspecified atom stereocenters. The Bertz CT molecular complexity index is 477. The van der Waals surface area contributed by atoms with Crippen molar-refractivity contribution in [2.45, 2.75) is 32.2 Å². The fraction of sp³-hybridized carbons (Fsp3) is 0.333. The Labute approximate surface area is 108 Å². The predicted molar refractivity (Wildman–Crippen MR) is 73.3 cm³/mol. The molecule has 0 aliphatic rings. The minimum absolute atomic E-state index is 0.0808. The van der Waals surface area contributed by atoms with Gasteiger partial charge < -0.3 is 5.73 Å². The van der Waals surface area contributed by atoms with Crippen LogP contribution in [0.4, 0.5) is 0 Å². The van der Waals surface area contributed by atoms with Gasteiger partial charge in [0.1, 0.15) is 6.33 Å². The fourth-order valence-electron chi connectivity index (χ4n) is 2.09. The highest BCUT2D eigenvalue weighted by atomic mass is 14.8. The lowest BCUT2D eigenvalue weighted by Gasteiger charge is -2.20. The Morgan fingerprint density at radius 2 is 1.72 bits per heavy atom. The summed E-state index contributed by atoms with van der Waals surface area (Å²) in [4.78, 5) is 8.15. The summed E-state index contributed by atoms with van der Waals surface area (Å²) in [5.41, 5.74) is 9.77. The maximum Gasteiger partial charge on any atom is 0.115 e. The number of aryl methyl sites for hydroxylation is 1. The molecule has 0 radical (unpaired) electrons. The average molecular weight is 241 g/mol. The van der Waals surface area contributed by atoms with Crippen LogP contribution in [0.2, 0.25) is 0 Å². The van der Waals surface area contributed by atoms with Crippen LogP contribution in [0.15, 0.2) is 43.0 Å². The summed E-state index contributed by atoms with van der Waals surface area (Å²) in [5, 5.41) is 0. The first-order valence-electron chi connectivity index (χ1n) is 6.23. The van der Waals surface area contributed by atoms with Crippen molar-refractivity contribution in [2.75, 3.05) is 0 Å². The van der Waals surface area contributed by atoms with E-state index in [1.807, 2.05) is 19.3 Å². The number of hydrogen-bond donors (Lipinski definition) is 1. The Hall–Kier alpha value is -1.74. The Balaban J connectivity index is 2.19. The molecule has 1 heterocycles. The van der Waals surface area contributed by atoms with Crippen LogP contribution in [-0.4, -0.2) is 16.0 Å².